The number of nitrogens with two attached hydrogens (primary N) is 1. The van der Waals surface area contributed by atoms with Crippen LogP contribution in [0.25, 0.3) is 0 Å². The minimum absolute atomic E-state index is 0.120. The van der Waals surface area contributed by atoms with Gasteiger partial charge in [-0.3, -0.25) is 4.79 Å². The second-order valence-corrected chi connectivity index (χ2v) is 5.98. The maximum atomic E-state index is 12.4. The van der Waals surface area contributed by atoms with E-state index < -0.39 is 0 Å². The first-order valence-corrected chi connectivity index (χ1v) is 7.61. The molecule has 1 amide bonds. The summed E-state index contributed by atoms with van der Waals surface area (Å²) in [7, 11) is 0. The van der Waals surface area contributed by atoms with Gasteiger partial charge in [0.1, 0.15) is 17.0 Å². The van der Waals surface area contributed by atoms with Gasteiger partial charge < -0.3 is 15.5 Å². The van der Waals surface area contributed by atoms with E-state index in [9.17, 15) is 4.79 Å². The van der Waals surface area contributed by atoms with Gasteiger partial charge in [0, 0.05) is 11.6 Å². The third kappa shape index (κ3) is 2.36. The van der Waals surface area contributed by atoms with E-state index in [4.69, 9.17) is 10.2 Å². The van der Waals surface area contributed by atoms with E-state index in [0.717, 1.165) is 30.7 Å². The second kappa shape index (κ2) is 5.38. The number of aromatic nitrogens is 1. The fourth-order valence-corrected chi connectivity index (χ4v) is 3.58. The summed E-state index contributed by atoms with van der Waals surface area (Å²) in [6.45, 7) is 0.297. The molecule has 5 nitrogen and oxygen atoms in total. The van der Waals surface area contributed by atoms with Crippen molar-refractivity contribution in [2.24, 2.45) is 5.73 Å². The van der Waals surface area contributed by atoms with Crippen molar-refractivity contribution in [2.45, 2.75) is 37.8 Å². The van der Waals surface area contributed by atoms with Crippen molar-refractivity contribution >= 4 is 17.2 Å². The molecule has 3 rings (SSSR count). The zero-order chi connectivity index (χ0) is 14.0. The summed E-state index contributed by atoms with van der Waals surface area (Å²) in [5.74, 6) is 0.496. The molecule has 0 aromatic carbocycles. The van der Waals surface area contributed by atoms with Crippen LogP contribution in [0.5, 0.6) is 0 Å². The van der Waals surface area contributed by atoms with E-state index in [1.165, 1.54) is 6.26 Å². The summed E-state index contributed by atoms with van der Waals surface area (Å²) < 4.78 is 5.22. The number of carbonyl (C=O) groups excluding carboxylic acids is 1. The monoisotopic (exact) mass is 291 g/mol. The van der Waals surface area contributed by atoms with Gasteiger partial charge in [0.05, 0.1) is 17.6 Å². The lowest BCUT2D eigenvalue weighted by Crippen LogP contribution is -2.43. The number of hydrogen-bond donors (Lipinski definition) is 2. The molecule has 0 spiro atoms. The van der Waals surface area contributed by atoms with Crippen molar-refractivity contribution < 1.29 is 9.21 Å². The number of nitrogens with zero attached hydrogens (tertiary/aromatic N) is 1. The summed E-state index contributed by atoms with van der Waals surface area (Å²) in [6.07, 6.45) is 7.35. The summed E-state index contributed by atoms with van der Waals surface area (Å²) in [5.41, 5.74) is 5.70. The summed E-state index contributed by atoms with van der Waals surface area (Å²) in [4.78, 5) is 16.8. The van der Waals surface area contributed by atoms with Crippen molar-refractivity contribution in [1.29, 1.82) is 0 Å². The first-order chi connectivity index (χ1) is 9.73. The Morgan fingerprint density at radius 2 is 2.30 bits per heavy atom. The number of furan rings is 1. The first-order valence-electron chi connectivity index (χ1n) is 6.73. The van der Waals surface area contributed by atoms with Crippen LogP contribution in [0.3, 0.4) is 0 Å². The lowest BCUT2D eigenvalue weighted by atomic mass is 9.98. The zero-order valence-electron chi connectivity index (χ0n) is 11.1. The number of thiazole rings is 1. The van der Waals surface area contributed by atoms with Crippen LogP contribution < -0.4 is 11.1 Å². The van der Waals surface area contributed by atoms with E-state index in [2.05, 4.69) is 10.3 Å². The van der Waals surface area contributed by atoms with Crippen molar-refractivity contribution in [3.05, 3.63) is 40.2 Å². The van der Waals surface area contributed by atoms with Gasteiger partial charge in [0.15, 0.2) is 0 Å². The molecule has 2 heterocycles. The van der Waals surface area contributed by atoms with Crippen LogP contribution in [0.15, 0.2) is 28.3 Å². The second-order valence-electron chi connectivity index (χ2n) is 5.09. The van der Waals surface area contributed by atoms with Gasteiger partial charge >= 0.3 is 0 Å². The minimum atomic E-state index is -0.314. The van der Waals surface area contributed by atoms with Gasteiger partial charge in [-0.2, -0.15) is 0 Å². The van der Waals surface area contributed by atoms with Gasteiger partial charge in [-0.15, -0.1) is 11.3 Å². The Balaban J connectivity index is 1.82. The number of rotatable bonds is 4. The molecule has 0 saturated heterocycles. The number of nitrogens with one attached hydrogen (secondary N) is 1. The molecule has 0 aliphatic heterocycles. The van der Waals surface area contributed by atoms with E-state index in [-0.39, 0.29) is 11.4 Å². The smallest absolute Gasteiger partial charge is 0.255 e. The Kier molecular flexibility index (Phi) is 3.58. The van der Waals surface area contributed by atoms with Gasteiger partial charge in [-0.05, 0) is 18.9 Å². The average molecular weight is 291 g/mol. The molecule has 1 aliphatic carbocycles. The van der Waals surface area contributed by atoms with Gasteiger partial charge in [0.25, 0.3) is 5.91 Å². The molecule has 1 saturated carbocycles. The fraction of sp³-hybridized carbons (Fsp3) is 0.429. The van der Waals surface area contributed by atoms with Crippen LogP contribution in [-0.4, -0.2) is 10.9 Å². The molecular formula is C14H17N3O2S. The van der Waals surface area contributed by atoms with Crippen LogP contribution in [0.2, 0.25) is 0 Å². The lowest BCUT2D eigenvalue weighted by Gasteiger charge is -2.27. The quantitative estimate of drug-likeness (QED) is 0.906. The summed E-state index contributed by atoms with van der Waals surface area (Å²) in [6, 6.07) is 1.69. The van der Waals surface area contributed by atoms with Crippen molar-refractivity contribution in [3.8, 4) is 0 Å². The molecule has 1 aliphatic rings. The van der Waals surface area contributed by atoms with Crippen LogP contribution >= 0.6 is 11.3 Å². The van der Waals surface area contributed by atoms with Crippen molar-refractivity contribution in [2.75, 3.05) is 0 Å². The summed E-state index contributed by atoms with van der Waals surface area (Å²) >= 11 is 1.60. The SMILES string of the molecule is NCc1cc(C(=O)NC2(c3nccs3)CCCC2)co1. The first kappa shape index (κ1) is 13.3. The molecule has 20 heavy (non-hydrogen) atoms. The number of amides is 1. The molecule has 0 radical (unpaired) electrons. The van der Waals surface area contributed by atoms with Crippen molar-refractivity contribution in [1.82, 2.24) is 10.3 Å². The highest BCUT2D eigenvalue weighted by Crippen LogP contribution is 2.39. The zero-order valence-corrected chi connectivity index (χ0v) is 11.9. The normalized spacial score (nSPS) is 17.2. The van der Waals surface area contributed by atoms with Gasteiger partial charge in [0.2, 0.25) is 0 Å². The van der Waals surface area contributed by atoms with Crippen molar-refractivity contribution in [3.63, 3.8) is 0 Å². The van der Waals surface area contributed by atoms with Crippen LogP contribution in [0.1, 0.15) is 46.8 Å². The van der Waals surface area contributed by atoms with Crippen LogP contribution in [0.4, 0.5) is 0 Å². The topological polar surface area (TPSA) is 81.2 Å². The maximum absolute atomic E-state index is 12.4. The maximum Gasteiger partial charge on any atom is 0.255 e. The number of carbonyl (C=O) groups is 1. The minimum Gasteiger partial charge on any atom is -0.467 e. The molecule has 106 valence electrons. The highest BCUT2D eigenvalue weighted by Gasteiger charge is 2.39. The largest absolute Gasteiger partial charge is 0.467 e. The molecular weight excluding hydrogens is 274 g/mol. The predicted octanol–water partition coefficient (Wildman–Crippen LogP) is 2.39. The van der Waals surface area contributed by atoms with E-state index in [0.29, 0.717) is 17.9 Å². The molecule has 2 aromatic rings. The predicted molar refractivity (Wildman–Crippen MR) is 76.3 cm³/mol. The Morgan fingerprint density at radius 3 is 2.90 bits per heavy atom. The molecule has 6 heteroatoms. The molecule has 0 atom stereocenters. The highest BCUT2D eigenvalue weighted by molar-refractivity contribution is 7.09. The highest BCUT2D eigenvalue weighted by atomic mass is 32.1. The molecule has 3 N–H and O–H groups in total. The van der Waals surface area contributed by atoms with E-state index >= 15 is 0 Å². The van der Waals surface area contributed by atoms with Crippen LogP contribution in [-0.2, 0) is 12.1 Å². The number of hydrogen-bond acceptors (Lipinski definition) is 5. The third-order valence-electron chi connectivity index (χ3n) is 3.77. The van der Waals surface area contributed by atoms with Gasteiger partial charge in [-0.25, -0.2) is 4.98 Å². The fourth-order valence-electron chi connectivity index (χ4n) is 2.73. The standard InChI is InChI=1S/C14H17N3O2S/c15-8-11-7-10(9-19-11)12(18)17-14(3-1-2-4-14)13-16-5-6-20-13/h5-7,9H,1-4,8,15H2,(H,17,18). The summed E-state index contributed by atoms with van der Waals surface area (Å²) in [5, 5.41) is 6.10. The molecule has 2 aromatic heterocycles. The molecule has 0 bridgehead atoms. The van der Waals surface area contributed by atoms with E-state index in [1.807, 2.05) is 5.38 Å². The Morgan fingerprint density at radius 1 is 1.50 bits per heavy atom. The molecule has 1 fully saturated rings. The Bertz CT molecular complexity index is 585. The van der Waals surface area contributed by atoms with E-state index in [1.54, 1.807) is 23.6 Å². The third-order valence-corrected chi connectivity index (χ3v) is 4.75. The molecule has 0 unspecified atom stereocenters. The Labute approximate surface area is 121 Å². The average Bonchev–Trinajstić information content (AvgIpc) is 3.19. The van der Waals surface area contributed by atoms with Crippen LogP contribution in [0, 0.1) is 0 Å². The Hall–Kier alpha value is -1.66. The lowest BCUT2D eigenvalue weighted by molar-refractivity contribution is 0.0897. The van der Waals surface area contributed by atoms with Gasteiger partial charge in [-0.1, -0.05) is 12.8 Å².